The summed E-state index contributed by atoms with van der Waals surface area (Å²) in [7, 11) is 3.32. The third-order valence-electron chi connectivity index (χ3n) is 2.78. The van der Waals surface area contributed by atoms with Crippen molar-refractivity contribution in [3.8, 4) is 0 Å². The van der Waals surface area contributed by atoms with Crippen molar-refractivity contribution in [2.75, 3.05) is 25.2 Å². The van der Waals surface area contributed by atoms with Crippen LogP contribution in [0.3, 0.4) is 0 Å². The quantitative estimate of drug-likeness (QED) is 0.861. The van der Waals surface area contributed by atoms with Crippen molar-refractivity contribution in [3.63, 3.8) is 0 Å². The number of hydrogen-bond donors (Lipinski definition) is 1. The minimum atomic E-state index is -0.199. The first-order valence-corrected chi connectivity index (χ1v) is 7.70. The van der Waals surface area contributed by atoms with Gasteiger partial charge in [-0.2, -0.15) is 0 Å². The Morgan fingerprint density at radius 1 is 1.18 bits per heavy atom. The van der Waals surface area contributed by atoms with Gasteiger partial charge in [-0.1, -0.05) is 18.2 Å². The number of carbonyl (C=O) groups is 2. The van der Waals surface area contributed by atoms with Crippen LogP contribution < -0.4 is 5.32 Å². The fraction of sp³-hybridized carbons (Fsp3) is 0.188. The van der Waals surface area contributed by atoms with E-state index in [2.05, 4.69) is 10.3 Å². The lowest BCUT2D eigenvalue weighted by Crippen LogP contribution is -2.23. The molecule has 0 radical (unpaired) electrons. The SMILES string of the molecule is CN(C)C(=O)c1cc(NC(=O)CSc2ccccc2)ccn1. The van der Waals surface area contributed by atoms with Gasteiger partial charge >= 0.3 is 0 Å². The molecule has 0 saturated carbocycles. The number of rotatable bonds is 5. The summed E-state index contributed by atoms with van der Waals surface area (Å²) >= 11 is 1.46. The second-order valence-corrected chi connectivity index (χ2v) is 5.83. The normalized spacial score (nSPS) is 10.1. The molecule has 0 aliphatic heterocycles. The van der Waals surface area contributed by atoms with Gasteiger partial charge in [-0.25, -0.2) is 0 Å². The Morgan fingerprint density at radius 3 is 2.59 bits per heavy atom. The smallest absolute Gasteiger partial charge is 0.272 e. The highest BCUT2D eigenvalue weighted by molar-refractivity contribution is 8.00. The molecule has 0 unspecified atom stereocenters. The van der Waals surface area contributed by atoms with Crippen molar-refractivity contribution >= 4 is 29.3 Å². The Bertz CT molecular complexity index is 659. The van der Waals surface area contributed by atoms with Crippen molar-refractivity contribution in [3.05, 3.63) is 54.4 Å². The molecule has 0 bridgehead atoms. The second-order valence-electron chi connectivity index (χ2n) is 4.78. The molecule has 1 heterocycles. The molecule has 0 aliphatic carbocycles. The van der Waals surface area contributed by atoms with Crippen molar-refractivity contribution in [2.45, 2.75) is 4.90 Å². The first-order chi connectivity index (χ1) is 10.6. The number of nitrogens with zero attached hydrogens (tertiary/aromatic N) is 2. The number of benzene rings is 1. The third kappa shape index (κ3) is 4.60. The van der Waals surface area contributed by atoms with Crippen LogP contribution in [0.2, 0.25) is 0 Å². The van der Waals surface area contributed by atoms with E-state index in [9.17, 15) is 9.59 Å². The lowest BCUT2D eigenvalue weighted by atomic mass is 10.3. The van der Waals surface area contributed by atoms with Gasteiger partial charge in [0.1, 0.15) is 5.69 Å². The van der Waals surface area contributed by atoms with Crippen molar-refractivity contribution < 1.29 is 9.59 Å². The predicted octanol–water partition coefficient (Wildman–Crippen LogP) is 2.51. The number of thioether (sulfide) groups is 1. The fourth-order valence-corrected chi connectivity index (χ4v) is 2.44. The van der Waals surface area contributed by atoms with E-state index in [1.165, 1.54) is 22.9 Å². The number of carbonyl (C=O) groups excluding carboxylic acids is 2. The minimum Gasteiger partial charge on any atom is -0.343 e. The van der Waals surface area contributed by atoms with Crippen LogP contribution in [0, 0.1) is 0 Å². The standard InChI is InChI=1S/C16H17N3O2S/c1-19(2)16(21)14-10-12(8-9-17-14)18-15(20)11-22-13-6-4-3-5-7-13/h3-10H,11H2,1-2H3,(H,17,18,20). The van der Waals surface area contributed by atoms with Crippen LogP contribution in [0.15, 0.2) is 53.6 Å². The van der Waals surface area contributed by atoms with Crippen LogP contribution in [-0.4, -0.2) is 41.5 Å². The summed E-state index contributed by atoms with van der Waals surface area (Å²) in [6.07, 6.45) is 1.51. The number of hydrogen-bond acceptors (Lipinski definition) is 4. The Labute approximate surface area is 133 Å². The molecule has 1 aromatic heterocycles. The molecule has 2 aromatic rings. The summed E-state index contributed by atoms with van der Waals surface area (Å²) in [6.45, 7) is 0. The van der Waals surface area contributed by atoms with Crippen LogP contribution in [-0.2, 0) is 4.79 Å². The topological polar surface area (TPSA) is 62.3 Å². The molecule has 2 amide bonds. The van der Waals surface area contributed by atoms with E-state index in [0.29, 0.717) is 17.1 Å². The maximum absolute atomic E-state index is 12.0. The zero-order valence-electron chi connectivity index (χ0n) is 12.4. The van der Waals surface area contributed by atoms with Gasteiger partial charge in [0.15, 0.2) is 0 Å². The monoisotopic (exact) mass is 315 g/mol. The average Bonchev–Trinajstić information content (AvgIpc) is 2.53. The molecule has 0 atom stereocenters. The van der Waals surface area contributed by atoms with E-state index in [-0.39, 0.29) is 11.8 Å². The molecule has 114 valence electrons. The molecule has 0 aliphatic rings. The average molecular weight is 315 g/mol. The zero-order chi connectivity index (χ0) is 15.9. The number of pyridine rings is 1. The van der Waals surface area contributed by atoms with Gasteiger partial charge in [0, 0.05) is 30.9 Å². The summed E-state index contributed by atoms with van der Waals surface area (Å²) < 4.78 is 0. The Kier molecular flexibility index (Phi) is 5.55. The summed E-state index contributed by atoms with van der Waals surface area (Å²) in [5.41, 5.74) is 0.873. The second kappa shape index (κ2) is 7.61. The largest absolute Gasteiger partial charge is 0.343 e. The Balaban J connectivity index is 1.94. The molecule has 0 spiro atoms. The summed E-state index contributed by atoms with van der Waals surface area (Å²) in [4.78, 5) is 30.3. The highest BCUT2D eigenvalue weighted by Gasteiger charge is 2.11. The number of amides is 2. The number of aromatic nitrogens is 1. The minimum absolute atomic E-state index is 0.122. The molecule has 6 heteroatoms. The first-order valence-electron chi connectivity index (χ1n) is 6.71. The molecule has 1 N–H and O–H groups in total. The molecule has 22 heavy (non-hydrogen) atoms. The van der Waals surface area contributed by atoms with E-state index in [1.807, 2.05) is 30.3 Å². The Morgan fingerprint density at radius 2 is 1.91 bits per heavy atom. The highest BCUT2D eigenvalue weighted by Crippen LogP contribution is 2.17. The molecule has 2 rings (SSSR count). The maximum Gasteiger partial charge on any atom is 0.272 e. The van der Waals surface area contributed by atoms with Crippen molar-refractivity contribution in [1.29, 1.82) is 0 Å². The van der Waals surface area contributed by atoms with Crippen molar-refractivity contribution in [1.82, 2.24) is 9.88 Å². The lowest BCUT2D eigenvalue weighted by molar-refractivity contribution is -0.113. The van der Waals surface area contributed by atoms with Crippen LogP contribution in [0.25, 0.3) is 0 Å². The zero-order valence-corrected chi connectivity index (χ0v) is 13.3. The molecular formula is C16H17N3O2S. The van der Waals surface area contributed by atoms with Crippen molar-refractivity contribution in [2.24, 2.45) is 0 Å². The number of anilines is 1. The van der Waals surface area contributed by atoms with Gasteiger partial charge < -0.3 is 10.2 Å². The predicted molar refractivity (Wildman–Crippen MR) is 88.1 cm³/mol. The molecule has 0 fully saturated rings. The summed E-state index contributed by atoms with van der Waals surface area (Å²) in [6, 6.07) is 13.0. The molecule has 1 aromatic carbocycles. The van der Waals surface area contributed by atoms with E-state index in [4.69, 9.17) is 0 Å². The molecular weight excluding hydrogens is 298 g/mol. The van der Waals surface area contributed by atoms with E-state index in [0.717, 1.165) is 4.90 Å². The van der Waals surface area contributed by atoms with E-state index in [1.54, 1.807) is 26.2 Å². The van der Waals surface area contributed by atoms with Crippen LogP contribution in [0.5, 0.6) is 0 Å². The van der Waals surface area contributed by atoms with Crippen LogP contribution in [0.1, 0.15) is 10.5 Å². The van der Waals surface area contributed by atoms with E-state index >= 15 is 0 Å². The first kappa shape index (κ1) is 16.0. The summed E-state index contributed by atoms with van der Waals surface area (Å²) in [5, 5.41) is 2.78. The highest BCUT2D eigenvalue weighted by atomic mass is 32.2. The van der Waals surface area contributed by atoms with Gasteiger partial charge in [0.05, 0.1) is 5.75 Å². The van der Waals surface area contributed by atoms with Gasteiger partial charge in [-0.05, 0) is 24.3 Å². The van der Waals surface area contributed by atoms with Gasteiger partial charge in [-0.3, -0.25) is 14.6 Å². The van der Waals surface area contributed by atoms with Gasteiger partial charge in [0.25, 0.3) is 5.91 Å². The lowest BCUT2D eigenvalue weighted by Gasteiger charge is -2.10. The van der Waals surface area contributed by atoms with Crippen LogP contribution in [0.4, 0.5) is 5.69 Å². The number of nitrogens with one attached hydrogen (secondary N) is 1. The van der Waals surface area contributed by atoms with Gasteiger partial charge in [0.2, 0.25) is 5.91 Å². The summed E-state index contributed by atoms with van der Waals surface area (Å²) in [5.74, 6) is -0.0124. The molecule has 5 nitrogen and oxygen atoms in total. The molecule has 0 saturated heterocycles. The van der Waals surface area contributed by atoms with E-state index < -0.39 is 0 Å². The van der Waals surface area contributed by atoms with Crippen LogP contribution >= 0.6 is 11.8 Å². The third-order valence-corrected chi connectivity index (χ3v) is 3.79. The van der Waals surface area contributed by atoms with Gasteiger partial charge in [-0.15, -0.1) is 11.8 Å². The maximum atomic E-state index is 12.0. The Hall–Kier alpha value is -2.34. The fourth-order valence-electron chi connectivity index (χ4n) is 1.72.